The number of rotatable bonds is 9. The van der Waals surface area contributed by atoms with Gasteiger partial charge in [-0.3, -0.25) is 4.79 Å². The highest BCUT2D eigenvalue weighted by molar-refractivity contribution is 8.26. The monoisotopic (exact) mass is 443 g/mol. The molecule has 0 saturated carbocycles. The summed E-state index contributed by atoms with van der Waals surface area (Å²) in [6, 6.07) is 13.6. The van der Waals surface area contributed by atoms with Gasteiger partial charge in [0, 0.05) is 0 Å². The Morgan fingerprint density at radius 2 is 1.77 bits per heavy atom. The molecule has 0 bridgehead atoms. The second-order valence-corrected chi connectivity index (χ2v) is 8.60. The van der Waals surface area contributed by atoms with E-state index < -0.39 is 0 Å². The fraction of sp³-hybridized carbons (Fsp3) is 0.304. The Morgan fingerprint density at radius 1 is 1.03 bits per heavy atom. The van der Waals surface area contributed by atoms with Gasteiger partial charge in [0.05, 0.1) is 11.5 Å². The minimum absolute atomic E-state index is 0.179. The smallest absolute Gasteiger partial charge is 0.263 e. The van der Waals surface area contributed by atoms with Crippen LogP contribution in [0.2, 0.25) is 0 Å². The zero-order chi connectivity index (χ0) is 21.5. The van der Waals surface area contributed by atoms with Gasteiger partial charge >= 0.3 is 0 Å². The zero-order valence-electron chi connectivity index (χ0n) is 17.3. The summed E-state index contributed by atoms with van der Waals surface area (Å²) >= 11 is 6.28. The Bertz CT molecular complexity index is 956. The van der Waals surface area contributed by atoms with Crippen molar-refractivity contribution in [2.24, 2.45) is 0 Å². The van der Waals surface area contributed by atoms with Crippen molar-refractivity contribution in [2.45, 2.75) is 26.7 Å². The first-order valence-corrected chi connectivity index (χ1v) is 11.1. The summed E-state index contributed by atoms with van der Waals surface area (Å²) in [5.41, 5.74) is 2.02. The highest BCUT2D eigenvalue weighted by Crippen LogP contribution is 2.32. The molecule has 0 atom stereocenters. The molecule has 30 heavy (non-hydrogen) atoms. The normalized spacial score (nSPS) is 14.9. The van der Waals surface area contributed by atoms with Gasteiger partial charge in [0.25, 0.3) is 5.91 Å². The van der Waals surface area contributed by atoms with E-state index in [4.69, 9.17) is 26.4 Å². The minimum Gasteiger partial charge on any atom is -0.490 e. The van der Waals surface area contributed by atoms with E-state index >= 15 is 0 Å². The maximum atomic E-state index is 11.9. The van der Waals surface area contributed by atoms with Crippen LogP contribution in [0.4, 0.5) is 0 Å². The Kier molecular flexibility index (Phi) is 7.76. The first kappa shape index (κ1) is 22.2. The first-order chi connectivity index (χ1) is 14.5. The Labute approximate surface area is 186 Å². The van der Waals surface area contributed by atoms with Gasteiger partial charge < -0.3 is 19.5 Å². The van der Waals surface area contributed by atoms with Crippen LogP contribution in [0.15, 0.2) is 47.4 Å². The summed E-state index contributed by atoms with van der Waals surface area (Å²) in [6.07, 6.45) is 1.79. The summed E-state index contributed by atoms with van der Waals surface area (Å²) in [7, 11) is 0. The Morgan fingerprint density at radius 3 is 2.43 bits per heavy atom. The second kappa shape index (κ2) is 10.5. The molecule has 0 aliphatic carbocycles. The summed E-state index contributed by atoms with van der Waals surface area (Å²) in [4.78, 5) is 12.4. The van der Waals surface area contributed by atoms with Gasteiger partial charge in [-0.2, -0.15) is 0 Å². The van der Waals surface area contributed by atoms with Crippen LogP contribution >= 0.6 is 24.0 Å². The lowest BCUT2D eigenvalue weighted by Crippen LogP contribution is -2.17. The van der Waals surface area contributed by atoms with Gasteiger partial charge in [-0.05, 0) is 48.2 Å². The highest BCUT2D eigenvalue weighted by atomic mass is 32.2. The van der Waals surface area contributed by atoms with Crippen molar-refractivity contribution in [1.29, 1.82) is 0 Å². The molecule has 1 saturated heterocycles. The molecule has 7 heteroatoms. The quantitative estimate of drug-likeness (QED) is 0.328. The summed E-state index contributed by atoms with van der Waals surface area (Å²) < 4.78 is 18.0. The number of nitrogens with one attached hydrogen (secondary N) is 1. The maximum Gasteiger partial charge on any atom is 0.263 e. The van der Waals surface area contributed by atoms with Crippen LogP contribution in [0.3, 0.4) is 0 Å². The van der Waals surface area contributed by atoms with Crippen molar-refractivity contribution in [3.8, 4) is 17.2 Å². The Balaban J connectivity index is 1.64. The molecule has 2 aromatic rings. The van der Waals surface area contributed by atoms with Crippen LogP contribution in [0.1, 0.15) is 37.8 Å². The number of hydrogen-bond donors (Lipinski definition) is 1. The van der Waals surface area contributed by atoms with Crippen LogP contribution in [0, 0.1) is 0 Å². The average Bonchev–Trinajstić information content (AvgIpc) is 3.03. The number of hydrogen-bond acceptors (Lipinski definition) is 6. The molecule has 0 spiro atoms. The number of carbonyl (C=O) groups excluding carboxylic acids is 1. The molecule has 1 fully saturated rings. The van der Waals surface area contributed by atoms with Crippen molar-refractivity contribution in [3.63, 3.8) is 0 Å². The third kappa shape index (κ3) is 5.77. The third-order valence-corrected chi connectivity index (χ3v) is 5.51. The lowest BCUT2D eigenvalue weighted by molar-refractivity contribution is -0.115. The number of thiocarbonyl (C=S) groups is 1. The summed E-state index contributed by atoms with van der Waals surface area (Å²) in [5, 5.41) is 2.61. The molecule has 2 aromatic carbocycles. The Hall–Kier alpha value is -2.51. The van der Waals surface area contributed by atoms with Gasteiger partial charge in [0.2, 0.25) is 0 Å². The van der Waals surface area contributed by atoms with Gasteiger partial charge in [0.15, 0.2) is 11.5 Å². The van der Waals surface area contributed by atoms with E-state index in [0.717, 1.165) is 11.3 Å². The topological polar surface area (TPSA) is 56.8 Å². The fourth-order valence-corrected chi connectivity index (χ4v) is 4.01. The molecule has 3 rings (SSSR count). The fourth-order valence-electron chi connectivity index (χ4n) is 2.97. The van der Waals surface area contributed by atoms with E-state index in [0.29, 0.717) is 46.5 Å². The largest absolute Gasteiger partial charge is 0.490 e. The molecule has 1 heterocycles. The van der Waals surface area contributed by atoms with Crippen molar-refractivity contribution in [3.05, 3.63) is 58.5 Å². The molecule has 0 radical (unpaired) electrons. The molecule has 1 aliphatic rings. The second-order valence-electron chi connectivity index (χ2n) is 6.88. The van der Waals surface area contributed by atoms with E-state index in [2.05, 4.69) is 25.2 Å². The molecule has 0 unspecified atom stereocenters. The van der Waals surface area contributed by atoms with Crippen LogP contribution < -0.4 is 19.5 Å². The molecule has 5 nitrogen and oxygen atoms in total. The molecular formula is C23H25NO4S2. The standard InChI is InChI=1S/C23H25NO4S2/c1-4-26-20-13-16(14-21-22(25)24-23(29)30-21)9-10-19(20)28-12-11-27-18-8-6-5-7-17(18)15(2)3/h5-10,13-15H,4,11-12H2,1-3H3,(H,24,25,29)/b21-14-. The molecule has 1 N–H and O–H groups in total. The van der Waals surface area contributed by atoms with E-state index in [1.165, 1.54) is 17.3 Å². The predicted molar refractivity (Wildman–Crippen MR) is 125 cm³/mol. The van der Waals surface area contributed by atoms with Crippen molar-refractivity contribution in [2.75, 3.05) is 19.8 Å². The number of amides is 1. The molecular weight excluding hydrogens is 418 g/mol. The highest BCUT2D eigenvalue weighted by Gasteiger charge is 2.22. The average molecular weight is 444 g/mol. The lowest BCUT2D eigenvalue weighted by Gasteiger charge is -2.15. The summed E-state index contributed by atoms with van der Waals surface area (Å²) in [5.74, 6) is 2.36. The van der Waals surface area contributed by atoms with Gasteiger partial charge in [-0.15, -0.1) is 0 Å². The summed E-state index contributed by atoms with van der Waals surface area (Å²) in [6.45, 7) is 7.53. The van der Waals surface area contributed by atoms with Crippen LogP contribution in [-0.2, 0) is 4.79 Å². The van der Waals surface area contributed by atoms with Crippen LogP contribution in [-0.4, -0.2) is 30.0 Å². The predicted octanol–water partition coefficient (Wildman–Crippen LogP) is 5.16. The lowest BCUT2D eigenvalue weighted by atomic mass is 10.0. The van der Waals surface area contributed by atoms with E-state index in [9.17, 15) is 4.79 Å². The van der Waals surface area contributed by atoms with Crippen molar-refractivity contribution < 1.29 is 19.0 Å². The van der Waals surface area contributed by atoms with Gasteiger partial charge in [-0.25, -0.2) is 0 Å². The first-order valence-electron chi connectivity index (χ1n) is 9.84. The van der Waals surface area contributed by atoms with Crippen LogP contribution in [0.5, 0.6) is 17.2 Å². The minimum atomic E-state index is -0.179. The van der Waals surface area contributed by atoms with Crippen molar-refractivity contribution in [1.82, 2.24) is 5.32 Å². The molecule has 0 aromatic heterocycles. The number of thioether (sulfide) groups is 1. The van der Waals surface area contributed by atoms with E-state index in [1.807, 2.05) is 43.3 Å². The third-order valence-electron chi connectivity index (χ3n) is 4.35. The van der Waals surface area contributed by atoms with Gasteiger partial charge in [-0.1, -0.05) is 62.1 Å². The molecule has 158 valence electrons. The number of benzene rings is 2. The maximum absolute atomic E-state index is 11.9. The van der Waals surface area contributed by atoms with E-state index in [-0.39, 0.29) is 5.91 Å². The number of para-hydroxylation sites is 1. The molecule has 1 amide bonds. The van der Waals surface area contributed by atoms with E-state index in [1.54, 1.807) is 6.08 Å². The number of carbonyl (C=O) groups is 1. The number of ether oxygens (including phenoxy) is 3. The van der Waals surface area contributed by atoms with Gasteiger partial charge in [0.1, 0.15) is 23.3 Å². The van der Waals surface area contributed by atoms with Crippen molar-refractivity contribution >= 4 is 40.3 Å². The molecule has 1 aliphatic heterocycles. The zero-order valence-corrected chi connectivity index (χ0v) is 18.9. The SMILES string of the molecule is CCOc1cc(/C=C2\SC(=S)NC2=O)ccc1OCCOc1ccccc1C(C)C. The van der Waals surface area contributed by atoms with Crippen LogP contribution in [0.25, 0.3) is 6.08 Å².